The Hall–Kier alpha value is -3.23. The quantitative estimate of drug-likeness (QED) is 0.337. The van der Waals surface area contributed by atoms with Crippen LogP contribution in [0.25, 0.3) is 37.6 Å². The van der Waals surface area contributed by atoms with Crippen LogP contribution in [-0.2, 0) is 0 Å². The SMILES string of the molecule is Cc1c(-c2ccc(NCCN)nc2)sc2[nH]c(-c3cc(C)c4ncnn4c3)c(C(C)C)c12. The second-order valence-corrected chi connectivity index (χ2v) is 9.44. The third kappa shape index (κ3) is 3.36. The van der Waals surface area contributed by atoms with Gasteiger partial charge in [-0.05, 0) is 54.7 Å². The van der Waals surface area contributed by atoms with Gasteiger partial charge in [0.15, 0.2) is 5.65 Å². The Morgan fingerprint density at radius 1 is 1.19 bits per heavy atom. The lowest BCUT2D eigenvalue weighted by Gasteiger charge is -2.11. The van der Waals surface area contributed by atoms with Crippen LogP contribution in [0.3, 0.4) is 0 Å². The predicted octanol–water partition coefficient (Wildman–Crippen LogP) is 5.11. The molecular formula is C24H27N7S. The van der Waals surface area contributed by atoms with Crippen LogP contribution in [0.1, 0.15) is 36.5 Å². The summed E-state index contributed by atoms with van der Waals surface area (Å²) in [5.74, 6) is 1.22. The van der Waals surface area contributed by atoms with Crippen molar-refractivity contribution in [2.24, 2.45) is 5.73 Å². The van der Waals surface area contributed by atoms with Crippen molar-refractivity contribution in [2.75, 3.05) is 18.4 Å². The van der Waals surface area contributed by atoms with Gasteiger partial charge in [-0.15, -0.1) is 11.3 Å². The Kier molecular flexibility index (Phi) is 5.19. The minimum Gasteiger partial charge on any atom is -0.369 e. The van der Waals surface area contributed by atoms with Crippen LogP contribution in [0.5, 0.6) is 0 Å². The second-order valence-electron chi connectivity index (χ2n) is 8.42. The largest absolute Gasteiger partial charge is 0.369 e. The maximum Gasteiger partial charge on any atom is 0.158 e. The Morgan fingerprint density at radius 3 is 2.75 bits per heavy atom. The van der Waals surface area contributed by atoms with Crippen molar-refractivity contribution in [3.8, 4) is 21.7 Å². The number of nitrogens with two attached hydrogens (primary N) is 1. The zero-order chi connectivity index (χ0) is 22.4. The van der Waals surface area contributed by atoms with Crippen LogP contribution in [-0.4, -0.2) is 37.7 Å². The van der Waals surface area contributed by atoms with Crippen LogP contribution in [0, 0.1) is 13.8 Å². The molecule has 0 unspecified atom stereocenters. The molecule has 0 saturated carbocycles. The number of thiophene rings is 1. The van der Waals surface area contributed by atoms with Crippen molar-refractivity contribution >= 4 is 33.0 Å². The summed E-state index contributed by atoms with van der Waals surface area (Å²) >= 11 is 1.79. The molecule has 0 bridgehead atoms. The molecule has 0 atom stereocenters. The maximum absolute atomic E-state index is 5.57. The molecular weight excluding hydrogens is 418 g/mol. The molecule has 7 nitrogen and oxygen atoms in total. The topological polar surface area (TPSA) is 96.9 Å². The van der Waals surface area contributed by atoms with Gasteiger partial charge < -0.3 is 16.0 Å². The third-order valence-corrected chi connectivity index (χ3v) is 7.08. The van der Waals surface area contributed by atoms with E-state index in [1.807, 2.05) is 16.8 Å². The highest BCUT2D eigenvalue weighted by atomic mass is 32.1. The molecule has 0 radical (unpaired) electrons. The van der Waals surface area contributed by atoms with Crippen molar-refractivity contribution in [3.63, 3.8) is 0 Å². The van der Waals surface area contributed by atoms with Crippen molar-refractivity contribution in [3.05, 3.63) is 53.6 Å². The smallest absolute Gasteiger partial charge is 0.158 e. The molecule has 5 aromatic heterocycles. The summed E-state index contributed by atoms with van der Waals surface area (Å²) in [5.41, 5.74) is 13.6. The van der Waals surface area contributed by atoms with E-state index in [9.17, 15) is 0 Å². The molecule has 0 amide bonds. The Bertz CT molecular complexity index is 1410. The lowest BCUT2D eigenvalue weighted by molar-refractivity contribution is 0.876. The standard InChI is InChI=1S/C24H27N7S/c1-13(2)19-20-15(4)22(16-5-6-18(27-10-16)26-8-7-25)32-24(20)30-21(19)17-9-14(3)23-28-12-29-31(23)11-17/h5-6,9-13,30H,7-8,25H2,1-4H3,(H,26,27). The summed E-state index contributed by atoms with van der Waals surface area (Å²) < 4.78 is 1.86. The summed E-state index contributed by atoms with van der Waals surface area (Å²) in [6, 6.07) is 6.34. The minimum absolute atomic E-state index is 0.368. The van der Waals surface area contributed by atoms with Gasteiger partial charge in [0.25, 0.3) is 0 Å². The highest BCUT2D eigenvalue weighted by Crippen LogP contribution is 2.45. The lowest BCUT2D eigenvalue weighted by atomic mass is 9.95. The zero-order valence-corrected chi connectivity index (χ0v) is 19.5. The van der Waals surface area contributed by atoms with E-state index in [4.69, 9.17) is 5.73 Å². The summed E-state index contributed by atoms with van der Waals surface area (Å²) in [6.07, 6.45) is 5.60. The number of hydrogen-bond acceptors (Lipinski definition) is 6. The normalized spacial score (nSPS) is 11.8. The molecule has 0 aromatic carbocycles. The number of aromatic nitrogens is 5. The highest BCUT2D eigenvalue weighted by Gasteiger charge is 2.23. The van der Waals surface area contributed by atoms with Crippen molar-refractivity contribution < 1.29 is 0 Å². The first kappa shape index (κ1) is 20.7. The number of anilines is 1. The molecule has 0 aliphatic carbocycles. The van der Waals surface area contributed by atoms with Crippen LogP contribution in [0.15, 0.2) is 36.9 Å². The number of nitrogens with one attached hydrogen (secondary N) is 2. The Labute approximate surface area is 190 Å². The van der Waals surface area contributed by atoms with Crippen LogP contribution < -0.4 is 11.1 Å². The van der Waals surface area contributed by atoms with Gasteiger partial charge in [0.05, 0.1) is 5.69 Å². The first-order chi connectivity index (χ1) is 15.5. The van der Waals surface area contributed by atoms with Gasteiger partial charge in [0, 0.05) is 46.9 Å². The molecule has 0 saturated heterocycles. The number of H-pyrrole nitrogens is 1. The van der Waals surface area contributed by atoms with Crippen molar-refractivity contribution in [2.45, 2.75) is 33.6 Å². The van der Waals surface area contributed by atoms with Gasteiger partial charge in [0.2, 0.25) is 0 Å². The summed E-state index contributed by atoms with van der Waals surface area (Å²) in [7, 11) is 0. The van der Waals surface area contributed by atoms with Crippen LogP contribution in [0.2, 0.25) is 0 Å². The number of hydrogen-bond donors (Lipinski definition) is 3. The van der Waals surface area contributed by atoms with E-state index in [2.05, 4.69) is 71.4 Å². The molecule has 5 heterocycles. The molecule has 0 spiro atoms. The van der Waals surface area contributed by atoms with Gasteiger partial charge in [-0.2, -0.15) is 5.10 Å². The number of fused-ring (bicyclic) bond motifs is 2. The maximum atomic E-state index is 5.57. The molecule has 0 aliphatic heterocycles. The Balaban J connectivity index is 1.62. The van der Waals surface area contributed by atoms with E-state index in [0.717, 1.165) is 33.8 Å². The van der Waals surface area contributed by atoms with Gasteiger partial charge in [0.1, 0.15) is 17.0 Å². The van der Waals surface area contributed by atoms with E-state index < -0.39 is 0 Å². The number of nitrogens with zero attached hydrogens (tertiary/aromatic N) is 4. The molecule has 0 fully saturated rings. The fourth-order valence-electron chi connectivity index (χ4n) is 4.38. The van der Waals surface area contributed by atoms with Crippen molar-refractivity contribution in [1.82, 2.24) is 24.6 Å². The van der Waals surface area contributed by atoms with Gasteiger partial charge in [-0.25, -0.2) is 14.5 Å². The molecule has 32 heavy (non-hydrogen) atoms. The fraction of sp³-hybridized carbons (Fsp3) is 0.292. The van der Waals surface area contributed by atoms with Gasteiger partial charge >= 0.3 is 0 Å². The van der Waals surface area contributed by atoms with Gasteiger partial charge in [-0.1, -0.05) is 13.8 Å². The van der Waals surface area contributed by atoms with E-state index >= 15 is 0 Å². The van der Waals surface area contributed by atoms with Crippen molar-refractivity contribution in [1.29, 1.82) is 0 Å². The monoisotopic (exact) mass is 445 g/mol. The summed E-state index contributed by atoms with van der Waals surface area (Å²) in [6.45, 7) is 10.1. The summed E-state index contributed by atoms with van der Waals surface area (Å²) in [4.78, 5) is 15.1. The molecule has 8 heteroatoms. The highest BCUT2D eigenvalue weighted by molar-refractivity contribution is 7.22. The summed E-state index contributed by atoms with van der Waals surface area (Å²) in [5, 5.41) is 8.89. The molecule has 164 valence electrons. The molecule has 5 rings (SSSR count). The van der Waals surface area contributed by atoms with Gasteiger partial charge in [-0.3, -0.25) is 0 Å². The minimum atomic E-state index is 0.368. The predicted molar refractivity (Wildman–Crippen MR) is 132 cm³/mol. The molecule has 4 N–H and O–H groups in total. The van der Waals surface area contributed by atoms with Crippen LogP contribution in [0.4, 0.5) is 5.82 Å². The average Bonchev–Trinajstić information content (AvgIpc) is 3.47. The van der Waals surface area contributed by atoms with E-state index in [-0.39, 0.29) is 0 Å². The fourth-order valence-corrected chi connectivity index (χ4v) is 5.59. The number of aryl methyl sites for hydroxylation is 2. The van der Waals surface area contributed by atoms with Crippen LogP contribution >= 0.6 is 11.3 Å². The van der Waals surface area contributed by atoms with E-state index in [1.165, 1.54) is 26.2 Å². The average molecular weight is 446 g/mol. The first-order valence-electron chi connectivity index (χ1n) is 10.8. The number of aromatic amines is 1. The van der Waals surface area contributed by atoms with E-state index in [0.29, 0.717) is 19.0 Å². The first-order valence-corrected chi connectivity index (χ1v) is 11.6. The Morgan fingerprint density at radius 2 is 2.03 bits per heavy atom. The number of rotatable bonds is 6. The number of pyridine rings is 2. The van der Waals surface area contributed by atoms with E-state index in [1.54, 1.807) is 17.7 Å². The molecule has 5 aromatic rings. The zero-order valence-electron chi connectivity index (χ0n) is 18.7. The third-order valence-electron chi connectivity index (χ3n) is 5.83. The molecule has 0 aliphatic rings. The second kappa shape index (κ2) is 8.03. The lowest BCUT2D eigenvalue weighted by Crippen LogP contribution is -2.13.